The minimum atomic E-state index is -4.67. The third-order valence-electron chi connectivity index (χ3n) is 4.83. The molecule has 3 atom stereocenters. The molecule has 0 saturated carbocycles. The summed E-state index contributed by atoms with van der Waals surface area (Å²) in [6, 6.07) is 9.01. The zero-order valence-electron chi connectivity index (χ0n) is 16.1. The van der Waals surface area contributed by atoms with E-state index in [1.807, 2.05) is 0 Å². The quantitative estimate of drug-likeness (QED) is 0.515. The molecule has 4 nitrogen and oxygen atoms in total. The van der Waals surface area contributed by atoms with Gasteiger partial charge < -0.3 is 10.4 Å². The van der Waals surface area contributed by atoms with Gasteiger partial charge in [0.05, 0.1) is 23.9 Å². The van der Waals surface area contributed by atoms with E-state index in [1.165, 1.54) is 36.4 Å². The molecule has 0 heterocycles. The van der Waals surface area contributed by atoms with Crippen LogP contribution in [-0.2, 0) is 9.59 Å². The number of carboxylic acids is 1. The van der Waals surface area contributed by atoms with Crippen molar-refractivity contribution in [3.8, 4) is 0 Å². The van der Waals surface area contributed by atoms with Crippen molar-refractivity contribution in [2.24, 2.45) is 5.92 Å². The van der Waals surface area contributed by atoms with Crippen molar-refractivity contribution in [1.29, 1.82) is 0 Å². The third kappa shape index (κ3) is 5.95. The van der Waals surface area contributed by atoms with Gasteiger partial charge in [0.25, 0.3) is 0 Å². The molecular formula is C21H20ClF4NO3. The summed E-state index contributed by atoms with van der Waals surface area (Å²) in [5.74, 6) is -7.11. The van der Waals surface area contributed by atoms with Gasteiger partial charge in [0.2, 0.25) is 5.91 Å². The van der Waals surface area contributed by atoms with E-state index in [0.717, 1.165) is 13.0 Å². The van der Waals surface area contributed by atoms with Crippen LogP contribution in [0.25, 0.3) is 0 Å². The molecule has 162 valence electrons. The van der Waals surface area contributed by atoms with Crippen LogP contribution in [0.5, 0.6) is 0 Å². The summed E-state index contributed by atoms with van der Waals surface area (Å²) in [4.78, 5) is 23.7. The highest BCUT2D eigenvalue weighted by molar-refractivity contribution is 6.30. The first kappa shape index (κ1) is 23.7. The molecule has 30 heavy (non-hydrogen) atoms. The number of amides is 1. The van der Waals surface area contributed by atoms with E-state index < -0.39 is 41.6 Å². The fourth-order valence-corrected chi connectivity index (χ4v) is 3.19. The number of nitrogens with one attached hydrogen (secondary N) is 1. The van der Waals surface area contributed by atoms with Crippen molar-refractivity contribution < 1.29 is 32.3 Å². The molecule has 0 bridgehead atoms. The van der Waals surface area contributed by atoms with Crippen LogP contribution in [0.15, 0.2) is 42.5 Å². The van der Waals surface area contributed by atoms with Crippen molar-refractivity contribution in [3.63, 3.8) is 0 Å². The van der Waals surface area contributed by atoms with Crippen LogP contribution >= 0.6 is 11.6 Å². The normalized spacial score (nSPS) is 14.6. The van der Waals surface area contributed by atoms with Crippen molar-refractivity contribution in [1.82, 2.24) is 0 Å². The zero-order valence-corrected chi connectivity index (χ0v) is 16.9. The van der Waals surface area contributed by atoms with Gasteiger partial charge in [-0.15, -0.1) is 0 Å². The molecule has 0 aliphatic carbocycles. The average Bonchev–Trinajstić information content (AvgIpc) is 2.63. The highest BCUT2D eigenvalue weighted by Crippen LogP contribution is 2.38. The Morgan fingerprint density at radius 1 is 1.07 bits per heavy atom. The predicted octanol–water partition coefficient (Wildman–Crippen LogP) is 5.98. The van der Waals surface area contributed by atoms with Crippen LogP contribution in [0.2, 0.25) is 5.02 Å². The summed E-state index contributed by atoms with van der Waals surface area (Å²) in [7, 11) is 0. The van der Waals surface area contributed by atoms with Crippen molar-refractivity contribution in [3.05, 3.63) is 64.4 Å². The van der Waals surface area contributed by atoms with Gasteiger partial charge in [-0.05, 0) is 41.3 Å². The molecule has 3 unspecified atom stereocenters. The Labute approximate surface area is 175 Å². The lowest BCUT2D eigenvalue weighted by molar-refractivity contribution is -0.178. The molecule has 2 aromatic carbocycles. The Kier molecular flexibility index (Phi) is 7.47. The molecule has 0 aromatic heterocycles. The topological polar surface area (TPSA) is 66.4 Å². The number of carbonyl (C=O) groups excluding carboxylic acids is 1. The van der Waals surface area contributed by atoms with Gasteiger partial charge in [0, 0.05) is 5.02 Å². The lowest BCUT2D eigenvalue weighted by atomic mass is 9.85. The lowest BCUT2D eigenvalue weighted by Gasteiger charge is -2.26. The number of aliphatic carboxylic acids is 1. The second kappa shape index (κ2) is 9.47. The highest BCUT2D eigenvalue weighted by atomic mass is 35.5. The van der Waals surface area contributed by atoms with Crippen molar-refractivity contribution >= 4 is 29.2 Å². The van der Waals surface area contributed by atoms with Crippen LogP contribution in [0.4, 0.5) is 23.2 Å². The van der Waals surface area contributed by atoms with Gasteiger partial charge in [-0.3, -0.25) is 9.59 Å². The molecule has 0 saturated heterocycles. The molecule has 1 amide bonds. The van der Waals surface area contributed by atoms with E-state index in [2.05, 4.69) is 5.32 Å². The molecule has 0 aliphatic heterocycles. The van der Waals surface area contributed by atoms with Gasteiger partial charge in [-0.2, -0.15) is 13.2 Å². The van der Waals surface area contributed by atoms with E-state index in [4.69, 9.17) is 16.7 Å². The van der Waals surface area contributed by atoms with Gasteiger partial charge in [-0.1, -0.05) is 43.6 Å². The van der Waals surface area contributed by atoms with Crippen LogP contribution < -0.4 is 5.32 Å². The van der Waals surface area contributed by atoms with Crippen molar-refractivity contribution in [2.45, 2.75) is 38.3 Å². The maximum Gasteiger partial charge on any atom is 0.392 e. The molecular weight excluding hydrogens is 426 g/mol. The molecule has 0 spiro atoms. The molecule has 2 rings (SSSR count). The number of alkyl halides is 3. The monoisotopic (exact) mass is 445 g/mol. The molecule has 2 aromatic rings. The Morgan fingerprint density at radius 3 is 2.17 bits per heavy atom. The van der Waals surface area contributed by atoms with E-state index in [1.54, 1.807) is 6.92 Å². The smallest absolute Gasteiger partial charge is 0.392 e. The number of rotatable bonds is 7. The van der Waals surface area contributed by atoms with E-state index in [-0.39, 0.29) is 17.7 Å². The summed E-state index contributed by atoms with van der Waals surface area (Å²) in [6.45, 7) is 2.48. The van der Waals surface area contributed by atoms with Crippen LogP contribution in [-0.4, -0.2) is 23.2 Å². The first-order valence-corrected chi connectivity index (χ1v) is 9.42. The molecule has 0 fully saturated rings. The second-order valence-corrected chi connectivity index (χ2v) is 7.52. The number of anilines is 1. The van der Waals surface area contributed by atoms with Gasteiger partial charge in [0.1, 0.15) is 5.82 Å². The number of carbonyl (C=O) groups is 2. The molecule has 0 aliphatic rings. The Hall–Kier alpha value is -2.61. The first-order chi connectivity index (χ1) is 13.9. The van der Waals surface area contributed by atoms with Gasteiger partial charge in [-0.25, -0.2) is 4.39 Å². The highest BCUT2D eigenvalue weighted by Gasteiger charge is 2.45. The third-order valence-corrected chi connectivity index (χ3v) is 5.08. The maximum absolute atomic E-state index is 14.2. The molecule has 2 N–H and O–H groups in total. The predicted molar refractivity (Wildman–Crippen MR) is 105 cm³/mol. The Balaban J connectivity index is 2.37. The fraction of sp³-hybridized carbons (Fsp3) is 0.333. The molecule has 9 heteroatoms. The van der Waals surface area contributed by atoms with Gasteiger partial charge >= 0.3 is 12.1 Å². The summed E-state index contributed by atoms with van der Waals surface area (Å²) >= 11 is 5.78. The van der Waals surface area contributed by atoms with E-state index in [0.29, 0.717) is 10.6 Å². The van der Waals surface area contributed by atoms with Crippen LogP contribution in [0, 0.1) is 11.7 Å². The largest absolute Gasteiger partial charge is 0.481 e. The number of carboxylic acid groups (broad SMARTS) is 1. The van der Waals surface area contributed by atoms with E-state index >= 15 is 0 Å². The summed E-state index contributed by atoms with van der Waals surface area (Å²) < 4.78 is 54.4. The fourth-order valence-electron chi connectivity index (χ4n) is 3.06. The van der Waals surface area contributed by atoms with Gasteiger partial charge in [0.15, 0.2) is 0 Å². The summed E-state index contributed by atoms with van der Waals surface area (Å²) in [6.07, 6.45) is -4.89. The summed E-state index contributed by atoms with van der Waals surface area (Å²) in [5, 5.41) is 11.4. The standard InChI is InChI=1S/C21H20ClF4NO3/c1-11(9-18(28)29)14-5-8-16(23)17(10-14)27-20(30)19(12(2)21(24,25)26)13-3-6-15(22)7-4-13/h3-8,10-12,19H,9H2,1-2H3,(H,27,30)(H,28,29). The number of benzene rings is 2. The minimum absolute atomic E-state index is 0.0810. The zero-order chi connectivity index (χ0) is 22.6. The first-order valence-electron chi connectivity index (χ1n) is 9.04. The van der Waals surface area contributed by atoms with Crippen molar-refractivity contribution in [2.75, 3.05) is 5.32 Å². The minimum Gasteiger partial charge on any atom is -0.481 e. The van der Waals surface area contributed by atoms with E-state index in [9.17, 15) is 27.2 Å². The summed E-state index contributed by atoms with van der Waals surface area (Å²) in [5.41, 5.74) is 0.196. The van der Waals surface area contributed by atoms with Crippen LogP contribution in [0.3, 0.4) is 0 Å². The second-order valence-electron chi connectivity index (χ2n) is 7.09. The number of hydrogen-bond acceptors (Lipinski definition) is 2. The number of hydrogen-bond donors (Lipinski definition) is 2. The lowest BCUT2D eigenvalue weighted by Crippen LogP contribution is -2.34. The SMILES string of the molecule is CC(CC(=O)O)c1ccc(F)c(NC(=O)C(c2ccc(Cl)cc2)C(C)C(F)(F)F)c1. The van der Waals surface area contributed by atoms with Crippen LogP contribution in [0.1, 0.15) is 43.2 Å². The number of halogens is 5. The molecule has 0 radical (unpaired) electrons. The maximum atomic E-state index is 14.2. The average molecular weight is 446 g/mol. The Morgan fingerprint density at radius 2 is 1.63 bits per heavy atom. The Bertz CT molecular complexity index is 915.